The van der Waals surface area contributed by atoms with Crippen LogP contribution in [0.4, 0.5) is 4.79 Å². The fourth-order valence-corrected chi connectivity index (χ4v) is 4.06. The van der Waals surface area contributed by atoms with Crippen LogP contribution in [0.25, 0.3) is 0 Å². The highest BCUT2D eigenvalue weighted by Gasteiger charge is 2.42. The van der Waals surface area contributed by atoms with Crippen molar-refractivity contribution in [1.82, 2.24) is 15.1 Å². The smallest absolute Gasteiger partial charge is 0.318 e. The fraction of sp³-hybridized carbons (Fsp3) is 0.875. The summed E-state index contributed by atoms with van der Waals surface area (Å²) in [5, 5.41) is 3.07. The molecule has 118 valence electrons. The van der Waals surface area contributed by atoms with Gasteiger partial charge in [-0.2, -0.15) is 0 Å². The molecule has 2 atom stereocenters. The predicted molar refractivity (Wildman–Crippen MR) is 80.9 cm³/mol. The van der Waals surface area contributed by atoms with Gasteiger partial charge in [0.05, 0.1) is 0 Å². The number of amides is 3. The largest absolute Gasteiger partial charge is 0.338 e. The summed E-state index contributed by atoms with van der Waals surface area (Å²) in [6.07, 6.45) is 8.47. The van der Waals surface area contributed by atoms with Crippen LogP contribution in [-0.4, -0.2) is 53.5 Å². The summed E-state index contributed by atoms with van der Waals surface area (Å²) in [5.41, 5.74) is 0. The lowest BCUT2D eigenvalue weighted by Crippen LogP contribution is -2.62. The van der Waals surface area contributed by atoms with Gasteiger partial charge in [-0.3, -0.25) is 4.79 Å². The standard InChI is InChI=1S/C16H27N3O2/c1-12-15(20)18-9-5-8-14(18)11-19(12)16(21)17-10-13-6-3-2-4-7-13/h12-14H,2-11H2,1H3,(H,17,21)/t12-,14-/m1/s1. The third-order valence-corrected chi connectivity index (χ3v) is 5.42. The highest BCUT2D eigenvalue weighted by molar-refractivity contribution is 5.88. The monoisotopic (exact) mass is 293 g/mol. The number of hydrogen-bond donors (Lipinski definition) is 1. The molecule has 5 nitrogen and oxygen atoms in total. The van der Waals surface area contributed by atoms with Gasteiger partial charge in [-0.15, -0.1) is 0 Å². The summed E-state index contributed by atoms with van der Waals surface area (Å²) in [6, 6.07) is -0.118. The second-order valence-corrected chi connectivity index (χ2v) is 6.85. The Labute approximate surface area is 127 Å². The maximum absolute atomic E-state index is 12.4. The molecule has 0 bridgehead atoms. The van der Waals surface area contributed by atoms with Crippen LogP contribution in [0, 0.1) is 5.92 Å². The van der Waals surface area contributed by atoms with E-state index in [9.17, 15) is 9.59 Å². The third-order valence-electron chi connectivity index (χ3n) is 5.42. The molecular weight excluding hydrogens is 266 g/mol. The van der Waals surface area contributed by atoms with Gasteiger partial charge in [0.15, 0.2) is 0 Å². The Morgan fingerprint density at radius 1 is 1.19 bits per heavy atom. The van der Waals surface area contributed by atoms with Gasteiger partial charge in [0.2, 0.25) is 5.91 Å². The molecule has 0 spiro atoms. The Balaban J connectivity index is 1.54. The average Bonchev–Trinajstić information content (AvgIpc) is 2.98. The summed E-state index contributed by atoms with van der Waals surface area (Å²) in [6.45, 7) is 4.19. The van der Waals surface area contributed by atoms with Gasteiger partial charge in [0.25, 0.3) is 0 Å². The second-order valence-electron chi connectivity index (χ2n) is 6.85. The van der Waals surface area contributed by atoms with Crippen LogP contribution in [0.3, 0.4) is 0 Å². The van der Waals surface area contributed by atoms with E-state index in [4.69, 9.17) is 0 Å². The van der Waals surface area contributed by atoms with Gasteiger partial charge in [0, 0.05) is 25.7 Å². The molecule has 2 heterocycles. The van der Waals surface area contributed by atoms with Crippen molar-refractivity contribution < 1.29 is 9.59 Å². The Kier molecular flexibility index (Phi) is 4.36. The van der Waals surface area contributed by atoms with E-state index in [1.54, 1.807) is 4.90 Å². The van der Waals surface area contributed by atoms with Crippen LogP contribution in [0.5, 0.6) is 0 Å². The first kappa shape index (κ1) is 14.7. The molecule has 1 aliphatic carbocycles. The van der Waals surface area contributed by atoms with E-state index in [1.807, 2.05) is 11.8 Å². The molecule has 3 amide bonds. The average molecular weight is 293 g/mol. The van der Waals surface area contributed by atoms with Gasteiger partial charge < -0.3 is 15.1 Å². The maximum atomic E-state index is 12.4. The minimum absolute atomic E-state index is 0.0482. The molecular formula is C16H27N3O2. The molecule has 5 heteroatoms. The topological polar surface area (TPSA) is 52.7 Å². The zero-order valence-electron chi connectivity index (χ0n) is 13.0. The van der Waals surface area contributed by atoms with Crippen molar-refractivity contribution in [3.8, 4) is 0 Å². The summed E-state index contributed by atoms with van der Waals surface area (Å²) in [4.78, 5) is 28.5. The van der Waals surface area contributed by atoms with Crippen molar-refractivity contribution >= 4 is 11.9 Å². The lowest BCUT2D eigenvalue weighted by molar-refractivity contribution is -0.140. The molecule has 3 rings (SSSR count). The molecule has 0 unspecified atom stereocenters. The highest BCUT2D eigenvalue weighted by atomic mass is 16.2. The summed E-state index contributed by atoms with van der Waals surface area (Å²) < 4.78 is 0. The summed E-state index contributed by atoms with van der Waals surface area (Å²) in [7, 11) is 0. The van der Waals surface area contributed by atoms with Crippen molar-refractivity contribution in [3.05, 3.63) is 0 Å². The first-order chi connectivity index (χ1) is 10.2. The molecule has 21 heavy (non-hydrogen) atoms. The lowest BCUT2D eigenvalue weighted by Gasteiger charge is -2.41. The third kappa shape index (κ3) is 3.01. The van der Waals surface area contributed by atoms with Gasteiger partial charge in [-0.25, -0.2) is 4.79 Å². The second kappa shape index (κ2) is 6.24. The molecule has 2 aliphatic heterocycles. The number of nitrogens with zero attached hydrogens (tertiary/aromatic N) is 2. The fourth-order valence-electron chi connectivity index (χ4n) is 4.06. The number of rotatable bonds is 2. The Morgan fingerprint density at radius 3 is 2.71 bits per heavy atom. The van der Waals surface area contributed by atoms with E-state index in [-0.39, 0.29) is 24.0 Å². The molecule has 0 aromatic rings. The van der Waals surface area contributed by atoms with E-state index in [1.165, 1.54) is 32.1 Å². The molecule has 0 aromatic heterocycles. The summed E-state index contributed by atoms with van der Waals surface area (Å²) >= 11 is 0. The quantitative estimate of drug-likeness (QED) is 0.846. The van der Waals surface area contributed by atoms with Crippen LogP contribution in [-0.2, 0) is 4.79 Å². The Morgan fingerprint density at radius 2 is 1.95 bits per heavy atom. The van der Waals surface area contributed by atoms with E-state index < -0.39 is 0 Å². The summed E-state index contributed by atoms with van der Waals surface area (Å²) in [5.74, 6) is 0.748. The van der Waals surface area contributed by atoms with Crippen LogP contribution in [0.1, 0.15) is 51.9 Å². The first-order valence-corrected chi connectivity index (χ1v) is 8.52. The van der Waals surface area contributed by atoms with Crippen LogP contribution >= 0.6 is 0 Å². The SMILES string of the molecule is C[C@@H]1C(=O)N2CCC[C@@H]2CN1C(=O)NCC1CCCCC1. The first-order valence-electron chi connectivity index (χ1n) is 8.52. The van der Waals surface area contributed by atoms with Crippen LogP contribution in [0.2, 0.25) is 0 Å². The van der Waals surface area contributed by atoms with Crippen molar-refractivity contribution in [3.63, 3.8) is 0 Å². The van der Waals surface area contributed by atoms with Crippen molar-refractivity contribution in [2.24, 2.45) is 5.92 Å². The Bertz CT molecular complexity index is 406. The van der Waals surface area contributed by atoms with Gasteiger partial charge in [0.1, 0.15) is 6.04 Å². The van der Waals surface area contributed by atoms with Crippen molar-refractivity contribution in [1.29, 1.82) is 0 Å². The lowest BCUT2D eigenvalue weighted by atomic mass is 9.89. The highest BCUT2D eigenvalue weighted by Crippen LogP contribution is 2.26. The maximum Gasteiger partial charge on any atom is 0.318 e. The Hall–Kier alpha value is -1.26. The van der Waals surface area contributed by atoms with Crippen molar-refractivity contribution in [2.75, 3.05) is 19.6 Å². The molecule has 0 radical (unpaired) electrons. The van der Waals surface area contributed by atoms with Crippen molar-refractivity contribution in [2.45, 2.75) is 64.0 Å². The predicted octanol–water partition coefficient (Wildman–Crippen LogP) is 1.97. The van der Waals surface area contributed by atoms with E-state index >= 15 is 0 Å². The molecule has 1 saturated carbocycles. The van der Waals surface area contributed by atoms with Crippen LogP contribution < -0.4 is 5.32 Å². The van der Waals surface area contributed by atoms with E-state index in [0.29, 0.717) is 12.5 Å². The minimum Gasteiger partial charge on any atom is -0.338 e. The van der Waals surface area contributed by atoms with Gasteiger partial charge in [-0.1, -0.05) is 19.3 Å². The van der Waals surface area contributed by atoms with E-state index in [0.717, 1.165) is 25.9 Å². The molecule has 1 N–H and O–H groups in total. The van der Waals surface area contributed by atoms with Gasteiger partial charge >= 0.3 is 6.03 Å². The zero-order valence-corrected chi connectivity index (χ0v) is 13.0. The molecule has 3 aliphatic rings. The van der Waals surface area contributed by atoms with Crippen LogP contribution in [0.15, 0.2) is 0 Å². The molecule has 2 saturated heterocycles. The number of carbonyl (C=O) groups excluding carboxylic acids is 2. The number of piperazine rings is 1. The zero-order chi connectivity index (χ0) is 14.8. The van der Waals surface area contributed by atoms with E-state index in [2.05, 4.69) is 5.32 Å². The number of nitrogens with one attached hydrogen (secondary N) is 1. The minimum atomic E-state index is -0.314. The normalized spacial score (nSPS) is 30.4. The molecule has 0 aromatic carbocycles. The number of urea groups is 1. The number of fused-ring (bicyclic) bond motifs is 1. The van der Waals surface area contributed by atoms with Gasteiger partial charge in [-0.05, 0) is 38.5 Å². The number of carbonyl (C=O) groups is 2. The molecule has 3 fully saturated rings. The number of hydrogen-bond acceptors (Lipinski definition) is 2.